The van der Waals surface area contributed by atoms with Crippen LogP contribution in [0.4, 0.5) is 0 Å². The lowest BCUT2D eigenvalue weighted by molar-refractivity contribution is -0.138. The van der Waals surface area contributed by atoms with E-state index < -0.39 is 12.0 Å². The molecule has 3 N–H and O–H groups in total. The summed E-state index contributed by atoms with van der Waals surface area (Å²) in [5, 5.41) is 14.9. The average Bonchev–Trinajstić information content (AvgIpc) is 2.51. The normalized spacial score (nSPS) is 17.1. The minimum atomic E-state index is -0.808. The third-order valence-electron chi connectivity index (χ3n) is 2.20. The molecule has 1 heterocycles. The summed E-state index contributed by atoms with van der Waals surface area (Å²) in [5.41, 5.74) is 0. The summed E-state index contributed by atoms with van der Waals surface area (Å²) in [6.07, 6.45) is 8.72. The standard InChI is InChI=1S/C9H14N2O2S2.C4H8O2/c1-10-7(9(12)13)6-14-15-8-4-2-3-5-11-8;1-2-3-6-4-5/h2-5,7-8,10-11H,6H2,1H3,(H,12,13);4H,2-3H2,1H3. The number of hydrogen-bond donors (Lipinski definition) is 3. The third kappa shape index (κ3) is 11.2. The number of rotatable bonds is 9. The highest BCUT2D eigenvalue weighted by Gasteiger charge is 2.15. The van der Waals surface area contributed by atoms with Crippen molar-refractivity contribution >= 4 is 34.0 Å². The first kappa shape index (κ1) is 19.9. The first-order valence-electron chi connectivity index (χ1n) is 6.48. The number of hydrogen-bond acceptors (Lipinski definition) is 7. The number of carbonyl (C=O) groups excluding carboxylic acids is 1. The molecular formula is C13H22N2O4S2. The number of aliphatic carboxylic acids is 1. The zero-order valence-corrected chi connectivity index (χ0v) is 13.8. The maximum Gasteiger partial charge on any atom is 0.321 e. The van der Waals surface area contributed by atoms with Gasteiger partial charge in [-0.15, -0.1) is 0 Å². The first-order chi connectivity index (χ1) is 10.2. The van der Waals surface area contributed by atoms with E-state index >= 15 is 0 Å². The molecule has 6 nitrogen and oxygen atoms in total. The van der Waals surface area contributed by atoms with Gasteiger partial charge in [0.05, 0.1) is 6.61 Å². The number of ether oxygens (including phenoxy) is 1. The van der Waals surface area contributed by atoms with Crippen LogP contribution in [0.3, 0.4) is 0 Å². The zero-order valence-electron chi connectivity index (χ0n) is 12.2. The van der Waals surface area contributed by atoms with Gasteiger partial charge in [0, 0.05) is 5.75 Å². The van der Waals surface area contributed by atoms with E-state index in [1.54, 1.807) is 28.6 Å². The van der Waals surface area contributed by atoms with Gasteiger partial charge in [-0.25, -0.2) is 0 Å². The summed E-state index contributed by atoms with van der Waals surface area (Å²) < 4.78 is 4.30. The summed E-state index contributed by atoms with van der Waals surface area (Å²) in [6.45, 7) is 2.95. The van der Waals surface area contributed by atoms with E-state index in [4.69, 9.17) is 5.11 Å². The van der Waals surface area contributed by atoms with Crippen LogP contribution in [0.2, 0.25) is 0 Å². The molecular weight excluding hydrogens is 312 g/mol. The smallest absolute Gasteiger partial charge is 0.321 e. The van der Waals surface area contributed by atoms with Crippen molar-refractivity contribution in [3.05, 3.63) is 24.4 Å². The van der Waals surface area contributed by atoms with E-state index in [2.05, 4.69) is 15.4 Å². The molecule has 0 radical (unpaired) electrons. The molecule has 0 saturated carbocycles. The topological polar surface area (TPSA) is 87.7 Å². The number of carbonyl (C=O) groups is 2. The van der Waals surface area contributed by atoms with Gasteiger partial charge in [-0.05, 0) is 25.7 Å². The summed E-state index contributed by atoms with van der Waals surface area (Å²) in [4.78, 5) is 20.0. The second-order valence-electron chi connectivity index (χ2n) is 3.86. The Balaban J connectivity index is 0.000000567. The molecule has 0 aromatic rings. The highest BCUT2D eigenvalue weighted by molar-refractivity contribution is 8.77. The van der Waals surface area contributed by atoms with Gasteiger partial charge in [0.2, 0.25) is 0 Å². The lowest BCUT2D eigenvalue weighted by Gasteiger charge is -2.15. The van der Waals surface area contributed by atoms with Crippen molar-refractivity contribution in [2.45, 2.75) is 24.8 Å². The molecule has 0 saturated heterocycles. The molecule has 8 heteroatoms. The predicted molar refractivity (Wildman–Crippen MR) is 88.0 cm³/mol. The Morgan fingerprint density at radius 1 is 1.57 bits per heavy atom. The molecule has 0 aliphatic carbocycles. The second kappa shape index (κ2) is 13.8. The van der Waals surface area contributed by atoms with Gasteiger partial charge >= 0.3 is 5.97 Å². The molecule has 0 aromatic carbocycles. The average molecular weight is 334 g/mol. The third-order valence-corrected chi connectivity index (χ3v) is 4.74. The monoisotopic (exact) mass is 334 g/mol. The van der Waals surface area contributed by atoms with Gasteiger partial charge in [0.15, 0.2) is 0 Å². The van der Waals surface area contributed by atoms with Crippen LogP contribution >= 0.6 is 21.6 Å². The van der Waals surface area contributed by atoms with Gasteiger partial charge in [-0.1, -0.05) is 40.7 Å². The quantitative estimate of drug-likeness (QED) is 0.333. The number of allylic oxidation sites excluding steroid dienone is 2. The zero-order chi connectivity index (χ0) is 15.9. The lowest BCUT2D eigenvalue weighted by atomic mass is 10.3. The van der Waals surface area contributed by atoms with Crippen molar-refractivity contribution in [3.8, 4) is 0 Å². The molecule has 21 heavy (non-hydrogen) atoms. The van der Waals surface area contributed by atoms with Crippen molar-refractivity contribution < 1.29 is 19.4 Å². The number of nitrogens with one attached hydrogen (secondary N) is 2. The van der Waals surface area contributed by atoms with Crippen molar-refractivity contribution in [3.63, 3.8) is 0 Å². The van der Waals surface area contributed by atoms with Crippen LogP contribution in [0.1, 0.15) is 13.3 Å². The Bertz CT molecular complexity index is 351. The largest absolute Gasteiger partial charge is 0.480 e. The fourth-order valence-corrected chi connectivity index (χ4v) is 3.51. The van der Waals surface area contributed by atoms with E-state index in [0.717, 1.165) is 6.42 Å². The van der Waals surface area contributed by atoms with Crippen LogP contribution in [0.5, 0.6) is 0 Å². The first-order valence-corrected chi connectivity index (χ1v) is 8.86. The van der Waals surface area contributed by atoms with Gasteiger partial charge in [0.1, 0.15) is 11.4 Å². The van der Waals surface area contributed by atoms with Gasteiger partial charge in [-0.3, -0.25) is 9.59 Å². The molecule has 2 unspecified atom stereocenters. The van der Waals surface area contributed by atoms with Crippen LogP contribution < -0.4 is 10.6 Å². The van der Waals surface area contributed by atoms with E-state index in [9.17, 15) is 9.59 Å². The number of dihydropyridines is 1. The number of likely N-dealkylation sites (N-methyl/N-ethyl adjacent to an activating group) is 1. The summed E-state index contributed by atoms with van der Waals surface area (Å²) >= 11 is 0. The van der Waals surface area contributed by atoms with Gasteiger partial charge in [0.25, 0.3) is 6.47 Å². The number of carboxylic acid groups (broad SMARTS) is 1. The lowest BCUT2D eigenvalue weighted by Crippen LogP contribution is -2.35. The molecule has 1 rings (SSSR count). The summed E-state index contributed by atoms with van der Waals surface area (Å²) in [5.74, 6) is -0.260. The Morgan fingerprint density at radius 2 is 2.33 bits per heavy atom. The Morgan fingerprint density at radius 3 is 2.76 bits per heavy atom. The molecule has 120 valence electrons. The molecule has 0 spiro atoms. The molecule has 2 atom stereocenters. The van der Waals surface area contributed by atoms with Crippen LogP contribution in [0.25, 0.3) is 0 Å². The fraction of sp³-hybridized carbons (Fsp3) is 0.538. The Hall–Kier alpha value is -1.12. The highest BCUT2D eigenvalue weighted by Crippen LogP contribution is 2.27. The Labute approximate surface area is 133 Å². The maximum atomic E-state index is 10.7. The van der Waals surface area contributed by atoms with Crippen molar-refractivity contribution in [2.24, 2.45) is 0 Å². The van der Waals surface area contributed by atoms with Crippen LogP contribution in [0, 0.1) is 0 Å². The molecule has 1 aliphatic heterocycles. The SMILES string of the molecule is CCCOC=O.CNC(CSSC1C=CC=CN1)C(=O)O. The molecule has 0 amide bonds. The summed E-state index contributed by atoms with van der Waals surface area (Å²) in [7, 11) is 4.83. The summed E-state index contributed by atoms with van der Waals surface area (Å²) in [6, 6.07) is -0.481. The molecule has 1 aliphatic rings. The Kier molecular flexibility index (Phi) is 13.1. The molecule has 0 fully saturated rings. The van der Waals surface area contributed by atoms with Crippen molar-refractivity contribution in [1.29, 1.82) is 0 Å². The minimum Gasteiger partial charge on any atom is -0.480 e. The van der Waals surface area contributed by atoms with E-state index in [0.29, 0.717) is 18.8 Å². The molecule has 0 bridgehead atoms. The van der Waals surface area contributed by atoms with Gasteiger partial charge in [-0.2, -0.15) is 0 Å². The van der Waals surface area contributed by atoms with Crippen LogP contribution in [-0.2, 0) is 14.3 Å². The van der Waals surface area contributed by atoms with E-state index in [1.807, 2.05) is 31.4 Å². The van der Waals surface area contributed by atoms with Crippen molar-refractivity contribution in [2.75, 3.05) is 19.4 Å². The van der Waals surface area contributed by atoms with E-state index in [1.165, 1.54) is 0 Å². The fourth-order valence-electron chi connectivity index (χ4n) is 1.11. The predicted octanol–water partition coefficient (Wildman–Crippen LogP) is 1.61. The minimum absolute atomic E-state index is 0.228. The van der Waals surface area contributed by atoms with Crippen LogP contribution in [-0.4, -0.2) is 48.4 Å². The van der Waals surface area contributed by atoms with Crippen molar-refractivity contribution in [1.82, 2.24) is 10.6 Å². The van der Waals surface area contributed by atoms with Gasteiger partial charge < -0.3 is 20.5 Å². The van der Waals surface area contributed by atoms with E-state index in [-0.39, 0.29) is 5.37 Å². The molecule has 0 aromatic heterocycles. The highest BCUT2D eigenvalue weighted by atomic mass is 33.1. The maximum absolute atomic E-state index is 10.7. The van der Waals surface area contributed by atoms with Crippen LogP contribution in [0.15, 0.2) is 24.4 Å². The second-order valence-corrected chi connectivity index (χ2v) is 6.41. The number of carboxylic acids is 1.